The molecule has 1 aromatic heterocycles. The number of carboxylic acids is 1. The van der Waals surface area contributed by atoms with Crippen LogP contribution >= 0.6 is 11.3 Å². The van der Waals surface area contributed by atoms with Gasteiger partial charge < -0.3 is 15.7 Å². The van der Waals surface area contributed by atoms with Crippen molar-refractivity contribution >= 4 is 39.2 Å². The number of nitrogens with zero attached hydrogens (tertiary/aromatic N) is 1. The number of unbranched alkanes of at least 4 members (excludes halogenated alkanes) is 2. The minimum Gasteiger partial charge on any atom is -0.481 e. The zero-order valence-electron chi connectivity index (χ0n) is 11.5. The van der Waals surface area contributed by atoms with Gasteiger partial charge in [-0.05, 0) is 31.0 Å². The Morgan fingerprint density at radius 2 is 2.10 bits per heavy atom. The molecule has 2 rings (SSSR count). The molecule has 3 N–H and O–H groups in total. The van der Waals surface area contributed by atoms with Gasteiger partial charge in [-0.1, -0.05) is 6.42 Å². The third kappa shape index (κ3) is 5.03. The number of hydrogen-bond donors (Lipinski definition) is 3. The summed E-state index contributed by atoms with van der Waals surface area (Å²) in [5.74, 6) is -0.779. The number of thiazole rings is 1. The van der Waals surface area contributed by atoms with E-state index in [1.807, 2.05) is 18.2 Å². The Balaban J connectivity index is 1.68. The lowest BCUT2D eigenvalue weighted by atomic mass is 10.2. The lowest BCUT2D eigenvalue weighted by Crippen LogP contribution is -2.29. The number of carbonyl (C=O) groups is 2. The number of benzene rings is 1. The van der Waals surface area contributed by atoms with Crippen LogP contribution in [0, 0.1) is 0 Å². The highest BCUT2D eigenvalue weighted by molar-refractivity contribution is 7.16. The highest BCUT2D eigenvalue weighted by atomic mass is 32.1. The molecule has 0 radical (unpaired) electrons. The van der Waals surface area contributed by atoms with Gasteiger partial charge in [-0.25, -0.2) is 9.78 Å². The maximum absolute atomic E-state index is 11.7. The van der Waals surface area contributed by atoms with E-state index < -0.39 is 5.97 Å². The van der Waals surface area contributed by atoms with Crippen molar-refractivity contribution in [2.75, 3.05) is 11.9 Å². The van der Waals surface area contributed by atoms with Crippen molar-refractivity contribution in [3.63, 3.8) is 0 Å². The summed E-state index contributed by atoms with van der Waals surface area (Å²) in [5.41, 5.74) is 3.42. The molecule has 0 unspecified atom stereocenters. The number of carbonyl (C=O) groups excluding carboxylic acids is 1. The normalized spacial score (nSPS) is 10.5. The smallest absolute Gasteiger partial charge is 0.319 e. The monoisotopic (exact) mass is 307 g/mol. The Kier molecular flexibility index (Phi) is 5.51. The zero-order chi connectivity index (χ0) is 15.1. The van der Waals surface area contributed by atoms with E-state index in [1.165, 1.54) is 11.3 Å². The molecule has 21 heavy (non-hydrogen) atoms. The third-order valence-electron chi connectivity index (χ3n) is 2.94. The second kappa shape index (κ2) is 7.58. The number of nitrogens with one attached hydrogen (secondary N) is 2. The lowest BCUT2D eigenvalue weighted by Gasteiger charge is -2.07. The maximum atomic E-state index is 11.7. The van der Waals surface area contributed by atoms with Gasteiger partial charge in [0.05, 0.1) is 15.7 Å². The number of amides is 2. The van der Waals surface area contributed by atoms with E-state index in [4.69, 9.17) is 5.11 Å². The van der Waals surface area contributed by atoms with E-state index in [2.05, 4.69) is 15.6 Å². The SMILES string of the molecule is O=C(O)CCCCCNC(=O)Nc1ccc2ncsc2c1. The van der Waals surface area contributed by atoms with Crippen molar-refractivity contribution in [3.8, 4) is 0 Å². The second-order valence-corrected chi connectivity index (χ2v) is 5.51. The van der Waals surface area contributed by atoms with Crippen LogP contribution in [0.25, 0.3) is 10.2 Å². The Morgan fingerprint density at radius 3 is 2.90 bits per heavy atom. The summed E-state index contributed by atoms with van der Waals surface area (Å²) < 4.78 is 1.03. The summed E-state index contributed by atoms with van der Waals surface area (Å²) in [4.78, 5) is 26.2. The summed E-state index contributed by atoms with van der Waals surface area (Å²) in [6.07, 6.45) is 2.38. The van der Waals surface area contributed by atoms with Gasteiger partial charge in [-0.2, -0.15) is 0 Å². The Labute approximate surface area is 126 Å². The van der Waals surface area contributed by atoms with E-state index in [0.717, 1.165) is 28.7 Å². The molecule has 0 atom stereocenters. The van der Waals surface area contributed by atoms with Crippen LogP contribution in [0.5, 0.6) is 0 Å². The first-order valence-electron chi connectivity index (χ1n) is 6.75. The van der Waals surface area contributed by atoms with Gasteiger partial charge in [0.15, 0.2) is 0 Å². The van der Waals surface area contributed by atoms with Crippen molar-refractivity contribution in [2.45, 2.75) is 25.7 Å². The highest BCUT2D eigenvalue weighted by Gasteiger charge is 2.03. The fourth-order valence-corrected chi connectivity index (χ4v) is 2.60. The number of carboxylic acid groups (broad SMARTS) is 1. The van der Waals surface area contributed by atoms with Crippen LogP contribution in [0.2, 0.25) is 0 Å². The largest absolute Gasteiger partial charge is 0.481 e. The molecule has 1 heterocycles. The predicted molar refractivity (Wildman–Crippen MR) is 82.7 cm³/mol. The highest BCUT2D eigenvalue weighted by Crippen LogP contribution is 2.21. The predicted octanol–water partition coefficient (Wildman–Crippen LogP) is 3.06. The molecular weight excluding hydrogens is 290 g/mol. The van der Waals surface area contributed by atoms with Gasteiger partial charge in [0.2, 0.25) is 0 Å². The lowest BCUT2D eigenvalue weighted by molar-refractivity contribution is -0.137. The van der Waals surface area contributed by atoms with Crippen molar-refractivity contribution in [1.29, 1.82) is 0 Å². The second-order valence-electron chi connectivity index (χ2n) is 4.62. The van der Waals surface area contributed by atoms with Gasteiger partial charge in [0, 0.05) is 18.7 Å². The third-order valence-corrected chi connectivity index (χ3v) is 3.73. The van der Waals surface area contributed by atoms with Crippen LogP contribution in [0.15, 0.2) is 23.7 Å². The molecule has 0 saturated carbocycles. The molecule has 0 spiro atoms. The number of anilines is 1. The van der Waals surface area contributed by atoms with E-state index in [9.17, 15) is 9.59 Å². The minimum atomic E-state index is -0.779. The molecule has 1 aromatic carbocycles. The van der Waals surface area contributed by atoms with Gasteiger partial charge in [-0.15, -0.1) is 11.3 Å². The average Bonchev–Trinajstić information content (AvgIpc) is 2.89. The quantitative estimate of drug-likeness (QED) is 0.686. The Hall–Kier alpha value is -2.15. The first kappa shape index (κ1) is 15.2. The van der Waals surface area contributed by atoms with E-state index in [0.29, 0.717) is 13.0 Å². The summed E-state index contributed by atoms with van der Waals surface area (Å²) in [6, 6.07) is 5.32. The van der Waals surface area contributed by atoms with Crippen molar-refractivity contribution in [3.05, 3.63) is 23.7 Å². The van der Waals surface area contributed by atoms with Gasteiger partial charge in [0.1, 0.15) is 0 Å². The molecule has 0 saturated heterocycles. The van der Waals surface area contributed by atoms with E-state index >= 15 is 0 Å². The van der Waals surface area contributed by atoms with Crippen molar-refractivity contribution in [1.82, 2.24) is 10.3 Å². The molecule has 0 aliphatic rings. The zero-order valence-corrected chi connectivity index (χ0v) is 12.3. The minimum absolute atomic E-state index is 0.182. The van der Waals surface area contributed by atoms with Crippen LogP contribution in [-0.2, 0) is 4.79 Å². The molecular formula is C14H17N3O3S. The average molecular weight is 307 g/mol. The van der Waals surface area contributed by atoms with Gasteiger partial charge in [-0.3, -0.25) is 4.79 Å². The maximum Gasteiger partial charge on any atom is 0.319 e. The van der Waals surface area contributed by atoms with Crippen LogP contribution in [0.1, 0.15) is 25.7 Å². The summed E-state index contributed by atoms with van der Waals surface area (Å²) in [6.45, 7) is 0.536. The number of rotatable bonds is 7. The van der Waals surface area contributed by atoms with Crippen LogP contribution < -0.4 is 10.6 Å². The summed E-state index contributed by atoms with van der Waals surface area (Å²) in [5, 5.41) is 14.0. The molecule has 2 amide bonds. The molecule has 0 aliphatic heterocycles. The molecule has 0 fully saturated rings. The standard InChI is InChI=1S/C14H17N3O3S/c18-13(19)4-2-1-3-7-15-14(20)17-10-5-6-11-12(8-10)21-9-16-11/h5-6,8-9H,1-4,7H2,(H,18,19)(H2,15,17,20). The molecule has 0 bridgehead atoms. The Bertz CT molecular complexity index is 627. The Morgan fingerprint density at radius 1 is 1.24 bits per heavy atom. The first-order valence-corrected chi connectivity index (χ1v) is 7.63. The van der Waals surface area contributed by atoms with E-state index in [-0.39, 0.29) is 12.5 Å². The van der Waals surface area contributed by atoms with Crippen LogP contribution in [0.3, 0.4) is 0 Å². The molecule has 2 aromatic rings. The number of aromatic nitrogens is 1. The number of fused-ring (bicyclic) bond motifs is 1. The number of hydrogen-bond acceptors (Lipinski definition) is 4. The van der Waals surface area contributed by atoms with Gasteiger partial charge in [0.25, 0.3) is 0 Å². The summed E-state index contributed by atoms with van der Waals surface area (Å²) >= 11 is 1.53. The summed E-state index contributed by atoms with van der Waals surface area (Å²) in [7, 11) is 0. The number of aliphatic carboxylic acids is 1. The first-order chi connectivity index (χ1) is 10.1. The number of urea groups is 1. The van der Waals surface area contributed by atoms with Gasteiger partial charge >= 0.3 is 12.0 Å². The topological polar surface area (TPSA) is 91.3 Å². The fraction of sp³-hybridized carbons (Fsp3) is 0.357. The molecule has 6 nitrogen and oxygen atoms in total. The molecule has 112 valence electrons. The van der Waals surface area contributed by atoms with Crippen LogP contribution in [-0.4, -0.2) is 28.6 Å². The van der Waals surface area contributed by atoms with E-state index in [1.54, 1.807) is 5.51 Å². The van der Waals surface area contributed by atoms with Crippen LogP contribution in [0.4, 0.5) is 10.5 Å². The molecule has 0 aliphatic carbocycles. The fourth-order valence-electron chi connectivity index (χ4n) is 1.89. The molecule has 7 heteroatoms. The van der Waals surface area contributed by atoms with Crippen molar-refractivity contribution in [2.24, 2.45) is 0 Å². The van der Waals surface area contributed by atoms with Crippen molar-refractivity contribution < 1.29 is 14.7 Å².